The normalized spacial score (nSPS) is 24.6. The van der Waals surface area contributed by atoms with Crippen LogP contribution in [0.15, 0.2) is 18.3 Å². The first-order chi connectivity index (χ1) is 12.2. The minimum Gasteiger partial charge on any atom is -0.364 e. The molecule has 1 heterocycles. The Balaban J connectivity index is 1.33. The first kappa shape index (κ1) is 18.0. The zero-order chi connectivity index (χ0) is 17.5. The standard InChI is InChI=1S/C20H31N3O2/c24-19(13-15-5-2-1-3-6-15)23-17-10-8-16(9-11-17)20(25)22-14-18-7-4-12-21-18/h4,7,12,15-17,21H,1-3,5-6,8-11,13-14H2,(H,22,25)(H,23,24). The van der Waals surface area contributed by atoms with Crippen LogP contribution < -0.4 is 10.6 Å². The van der Waals surface area contributed by atoms with E-state index in [-0.39, 0.29) is 23.8 Å². The molecule has 0 saturated heterocycles. The number of aromatic nitrogens is 1. The Morgan fingerprint density at radius 3 is 2.48 bits per heavy atom. The van der Waals surface area contributed by atoms with Gasteiger partial charge in [-0.3, -0.25) is 9.59 Å². The van der Waals surface area contributed by atoms with E-state index < -0.39 is 0 Å². The number of hydrogen-bond donors (Lipinski definition) is 3. The molecule has 3 rings (SSSR count). The first-order valence-electron chi connectivity index (χ1n) is 9.90. The number of nitrogens with one attached hydrogen (secondary N) is 3. The third-order valence-corrected chi connectivity index (χ3v) is 5.78. The van der Waals surface area contributed by atoms with E-state index in [2.05, 4.69) is 15.6 Å². The molecule has 2 aliphatic carbocycles. The van der Waals surface area contributed by atoms with Crippen LogP contribution in [0.5, 0.6) is 0 Å². The van der Waals surface area contributed by atoms with Gasteiger partial charge in [0.1, 0.15) is 0 Å². The van der Waals surface area contributed by atoms with Crippen molar-refractivity contribution < 1.29 is 9.59 Å². The van der Waals surface area contributed by atoms with Crippen molar-refractivity contribution in [1.82, 2.24) is 15.6 Å². The molecule has 5 heteroatoms. The minimum atomic E-state index is 0.0847. The van der Waals surface area contributed by atoms with Crippen LogP contribution in [0, 0.1) is 11.8 Å². The van der Waals surface area contributed by atoms with Gasteiger partial charge in [0.2, 0.25) is 11.8 Å². The molecule has 1 aromatic rings. The van der Waals surface area contributed by atoms with Crippen molar-refractivity contribution in [2.75, 3.05) is 0 Å². The Hall–Kier alpha value is -1.78. The van der Waals surface area contributed by atoms with Crippen molar-refractivity contribution in [1.29, 1.82) is 0 Å². The van der Waals surface area contributed by atoms with Crippen LogP contribution in [0.4, 0.5) is 0 Å². The number of rotatable bonds is 6. The van der Waals surface area contributed by atoms with Crippen LogP contribution in [0.25, 0.3) is 0 Å². The van der Waals surface area contributed by atoms with Gasteiger partial charge in [-0.15, -0.1) is 0 Å². The van der Waals surface area contributed by atoms with E-state index in [9.17, 15) is 9.59 Å². The second kappa shape index (κ2) is 9.07. The molecule has 0 bridgehead atoms. The number of carbonyl (C=O) groups is 2. The lowest BCUT2D eigenvalue weighted by Crippen LogP contribution is -2.41. The minimum absolute atomic E-state index is 0.0847. The first-order valence-corrected chi connectivity index (χ1v) is 9.90. The lowest BCUT2D eigenvalue weighted by Gasteiger charge is -2.29. The van der Waals surface area contributed by atoms with Crippen molar-refractivity contribution >= 4 is 11.8 Å². The summed E-state index contributed by atoms with van der Waals surface area (Å²) in [6.45, 7) is 0.559. The van der Waals surface area contributed by atoms with Crippen LogP contribution >= 0.6 is 0 Å². The fraction of sp³-hybridized carbons (Fsp3) is 0.700. The molecule has 2 saturated carbocycles. The topological polar surface area (TPSA) is 74.0 Å². The van der Waals surface area contributed by atoms with E-state index in [1.54, 1.807) is 0 Å². The predicted molar refractivity (Wildman–Crippen MR) is 97.7 cm³/mol. The maximum atomic E-state index is 12.3. The molecule has 0 radical (unpaired) electrons. The molecule has 0 aromatic carbocycles. The summed E-state index contributed by atoms with van der Waals surface area (Å²) in [6.07, 6.45) is 12.4. The summed E-state index contributed by atoms with van der Waals surface area (Å²) in [7, 11) is 0. The second-order valence-corrected chi connectivity index (χ2v) is 7.74. The average Bonchev–Trinajstić information content (AvgIpc) is 3.14. The predicted octanol–water partition coefficient (Wildman–Crippen LogP) is 3.28. The lowest BCUT2D eigenvalue weighted by atomic mass is 9.84. The van der Waals surface area contributed by atoms with Crippen LogP contribution in [-0.4, -0.2) is 22.8 Å². The monoisotopic (exact) mass is 345 g/mol. The molecular weight excluding hydrogens is 314 g/mol. The fourth-order valence-corrected chi connectivity index (χ4v) is 4.24. The zero-order valence-electron chi connectivity index (χ0n) is 15.1. The van der Waals surface area contributed by atoms with Gasteiger partial charge in [0.25, 0.3) is 0 Å². The summed E-state index contributed by atoms with van der Waals surface area (Å²) in [5.74, 6) is 1.03. The maximum Gasteiger partial charge on any atom is 0.223 e. The lowest BCUT2D eigenvalue weighted by molar-refractivity contribution is -0.126. The second-order valence-electron chi connectivity index (χ2n) is 7.74. The highest BCUT2D eigenvalue weighted by molar-refractivity contribution is 5.79. The molecule has 2 fully saturated rings. The number of hydrogen-bond acceptors (Lipinski definition) is 2. The van der Waals surface area contributed by atoms with Crippen molar-refractivity contribution in [3.8, 4) is 0 Å². The number of aromatic amines is 1. The summed E-state index contributed by atoms with van der Waals surface area (Å²) in [5, 5.41) is 6.21. The van der Waals surface area contributed by atoms with Crippen LogP contribution in [0.1, 0.15) is 69.9 Å². The van der Waals surface area contributed by atoms with Gasteiger partial charge in [0, 0.05) is 30.3 Å². The Morgan fingerprint density at radius 2 is 1.80 bits per heavy atom. The SMILES string of the molecule is O=C(CC1CCCCC1)NC1CCC(C(=O)NCc2ccc[nH]2)CC1. The molecule has 0 aliphatic heterocycles. The largest absolute Gasteiger partial charge is 0.364 e. The third kappa shape index (κ3) is 5.62. The van der Waals surface area contributed by atoms with Gasteiger partial charge >= 0.3 is 0 Å². The quantitative estimate of drug-likeness (QED) is 0.740. The van der Waals surface area contributed by atoms with E-state index in [0.29, 0.717) is 18.9 Å². The maximum absolute atomic E-state index is 12.3. The van der Waals surface area contributed by atoms with Gasteiger partial charge in [-0.1, -0.05) is 19.3 Å². The van der Waals surface area contributed by atoms with E-state index in [4.69, 9.17) is 0 Å². The summed E-state index contributed by atoms with van der Waals surface area (Å²) >= 11 is 0. The van der Waals surface area contributed by atoms with E-state index in [0.717, 1.165) is 31.4 Å². The Kier molecular flexibility index (Phi) is 6.54. The molecule has 0 unspecified atom stereocenters. The van der Waals surface area contributed by atoms with Crippen LogP contribution in [0.2, 0.25) is 0 Å². The molecule has 3 N–H and O–H groups in total. The fourth-order valence-electron chi connectivity index (χ4n) is 4.24. The molecule has 138 valence electrons. The van der Waals surface area contributed by atoms with E-state index in [1.807, 2.05) is 18.3 Å². The summed E-state index contributed by atoms with van der Waals surface area (Å²) in [6, 6.07) is 4.16. The Labute approximate surface area is 150 Å². The van der Waals surface area contributed by atoms with E-state index >= 15 is 0 Å². The van der Waals surface area contributed by atoms with Gasteiger partial charge in [0.05, 0.1) is 6.54 Å². The van der Waals surface area contributed by atoms with E-state index in [1.165, 1.54) is 32.1 Å². The van der Waals surface area contributed by atoms with Crippen LogP contribution in [0.3, 0.4) is 0 Å². The molecule has 25 heavy (non-hydrogen) atoms. The van der Waals surface area contributed by atoms with Crippen molar-refractivity contribution in [2.45, 2.75) is 76.8 Å². The van der Waals surface area contributed by atoms with Crippen molar-refractivity contribution in [3.63, 3.8) is 0 Å². The summed E-state index contributed by atoms with van der Waals surface area (Å²) in [5.41, 5.74) is 1.03. The van der Waals surface area contributed by atoms with Gasteiger partial charge in [-0.25, -0.2) is 0 Å². The summed E-state index contributed by atoms with van der Waals surface area (Å²) in [4.78, 5) is 27.6. The molecular formula is C20H31N3O2. The van der Waals surface area contributed by atoms with Crippen LogP contribution in [-0.2, 0) is 16.1 Å². The third-order valence-electron chi connectivity index (χ3n) is 5.78. The molecule has 0 spiro atoms. The van der Waals surface area contributed by atoms with Crippen molar-refractivity contribution in [2.24, 2.45) is 11.8 Å². The molecule has 2 aliphatic rings. The van der Waals surface area contributed by atoms with Gasteiger partial charge in [0.15, 0.2) is 0 Å². The van der Waals surface area contributed by atoms with Gasteiger partial charge in [-0.2, -0.15) is 0 Å². The number of amides is 2. The van der Waals surface area contributed by atoms with Gasteiger partial charge in [-0.05, 0) is 56.6 Å². The highest BCUT2D eigenvalue weighted by atomic mass is 16.2. The zero-order valence-corrected chi connectivity index (χ0v) is 15.1. The molecule has 5 nitrogen and oxygen atoms in total. The number of carbonyl (C=O) groups excluding carboxylic acids is 2. The Bertz CT molecular complexity index is 541. The average molecular weight is 345 g/mol. The number of H-pyrrole nitrogens is 1. The summed E-state index contributed by atoms with van der Waals surface area (Å²) < 4.78 is 0. The van der Waals surface area contributed by atoms with Crippen molar-refractivity contribution in [3.05, 3.63) is 24.0 Å². The smallest absolute Gasteiger partial charge is 0.223 e. The van der Waals surface area contributed by atoms with Gasteiger partial charge < -0.3 is 15.6 Å². The molecule has 1 aromatic heterocycles. The highest BCUT2D eigenvalue weighted by Gasteiger charge is 2.27. The highest BCUT2D eigenvalue weighted by Crippen LogP contribution is 2.27. The molecule has 0 atom stereocenters. The Morgan fingerprint density at radius 1 is 1.04 bits per heavy atom. The molecule has 2 amide bonds.